The number of hydrogen-bond acceptors (Lipinski definition) is 5. The van der Waals surface area contributed by atoms with Crippen LogP contribution in [0.2, 0.25) is 0 Å². The molecular formula is C25H26N4O3. The van der Waals surface area contributed by atoms with Crippen molar-refractivity contribution in [2.75, 3.05) is 19.7 Å². The fraction of sp³-hybridized carbons (Fsp3) is 0.440. The average molecular weight is 431 g/mol. The largest absolute Gasteiger partial charge is 0.394 e. The van der Waals surface area contributed by atoms with E-state index in [1.54, 1.807) is 4.90 Å². The summed E-state index contributed by atoms with van der Waals surface area (Å²) in [6.07, 6.45) is 9.33. The summed E-state index contributed by atoms with van der Waals surface area (Å²) < 4.78 is 0. The fourth-order valence-electron chi connectivity index (χ4n) is 5.27. The summed E-state index contributed by atoms with van der Waals surface area (Å²) in [5, 5.41) is 9.97. The van der Waals surface area contributed by atoms with E-state index in [2.05, 4.69) is 21.8 Å². The van der Waals surface area contributed by atoms with E-state index < -0.39 is 0 Å². The Labute approximate surface area is 187 Å². The molecule has 0 unspecified atom stereocenters. The van der Waals surface area contributed by atoms with Crippen molar-refractivity contribution in [3.05, 3.63) is 59.7 Å². The number of aliphatic hydroxyl groups is 1. The first kappa shape index (κ1) is 20.7. The van der Waals surface area contributed by atoms with Gasteiger partial charge in [-0.05, 0) is 30.5 Å². The van der Waals surface area contributed by atoms with E-state index in [4.69, 9.17) is 0 Å². The number of hydrogen-bond donors (Lipinski definition) is 1. The maximum absolute atomic E-state index is 12.8. The van der Waals surface area contributed by atoms with E-state index in [1.165, 1.54) is 49.2 Å². The molecule has 0 spiro atoms. The maximum Gasteiger partial charge on any atom is 0.274 e. The Morgan fingerprint density at radius 3 is 2.62 bits per heavy atom. The van der Waals surface area contributed by atoms with Gasteiger partial charge in [-0.15, -0.1) is 0 Å². The van der Waals surface area contributed by atoms with Gasteiger partial charge in [0.25, 0.3) is 5.91 Å². The number of carbonyl (C=O) groups is 2. The van der Waals surface area contributed by atoms with E-state index in [0.717, 1.165) is 11.1 Å². The molecule has 2 aliphatic heterocycles. The first-order valence-corrected chi connectivity index (χ1v) is 11.2. The monoisotopic (exact) mass is 430 g/mol. The highest BCUT2D eigenvalue weighted by atomic mass is 16.3. The van der Waals surface area contributed by atoms with Crippen LogP contribution >= 0.6 is 0 Å². The van der Waals surface area contributed by atoms with Crippen molar-refractivity contribution in [2.45, 2.75) is 43.7 Å². The highest BCUT2D eigenvalue weighted by molar-refractivity contribution is 5.96. The summed E-state index contributed by atoms with van der Waals surface area (Å²) in [7, 11) is 0. The van der Waals surface area contributed by atoms with Crippen LogP contribution in [0.3, 0.4) is 0 Å². The van der Waals surface area contributed by atoms with Crippen molar-refractivity contribution in [2.24, 2.45) is 5.92 Å². The molecule has 3 aliphatic rings. The number of carbonyl (C=O) groups excluding carboxylic acids is 2. The van der Waals surface area contributed by atoms with Crippen molar-refractivity contribution in [1.29, 1.82) is 0 Å². The number of nitrogens with zero attached hydrogens (tertiary/aromatic N) is 4. The maximum atomic E-state index is 12.8. The first-order valence-electron chi connectivity index (χ1n) is 11.2. The van der Waals surface area contributed by atoms with Crippen molar-refractivity contribution < 1.29 is 14.7 Å². The topological polar surface area (TPSA) is 86.6 Å². The Bertz CT molecular complexity index is 1050. The van der Waals surface area contributed by atoms with E-state index >= 15 is 0 Å². The van der Waals surface area contributed by atoms with Crippen molar-refractivity contribution in [3.8, 4) is 11.8 Å². The van der Waals surface area contributed by atoms with E-state index in [-0.39, 0.29) is 48.7 Å². The van der Waals surface area contributed by atoms with Crippen LogP contribution in [0.15, 0.2) is 42.9 Å². The summed E-state index contributed by atoms with van der Waals surface area (Å²) in [5.74, 6) is 6.71. The molecule has 32 heavy (non-hydrogen) atoms. The van der Waals surface area contributed by atoms with Crippen molar-refractivity contribution >= 4 is 11.8 Å². The molecule has 0 bridgehead atoms. The minimum Gasteiger partial charge on any atom is -0.394 e. The second-order valence-corrected chi connectivity index (χ2v) is 8.79. The lowest BCUT2D eigenvalue weighted by Crippen LogP contribution is -2.73. The van der Waals surface area contributed by atoms with Crippen LogP contribution < -0.4 is 0 Å². The predicted octanol–water partition coefficient (Wildman–Crippen LogP) is 1.83. The van der Waals surface area contributed by atoms with Gasteiger partial charge >= 0.3 is 0 Å². The molecule has 1 aliphatic carbocycles. The Morgan fingerprint density at radius 1 is 1.16 bits per heavy atom. The zero-order chi connectivity index (χ0) is 22.1. The van der Waals surface area contributed by atoms with Crippen LogP contribution in [0.25, 0.3) is 0 Å². The van der Waals surface area contributed by atoms with Crippen molar-refractivity contribution in [3.63, 3.8) is 0 Å². The molecule has 7 nitrogen and oxygen atoms in total. The van der Waals surface area contributed by atoms with Gasteiger partial charge < -0.3 is 14.9 Å². The third-order valence-corrected chi connectivity index (χ3v) is 6.89. The van der Waals surface area contributed by atoms with Gasteiger partial charge in [0.2, 0.25) is 5.91 Å². The number of amides is 2. The van der Waals surface area contributed by atoms with Gasteiger partial charge in [0, 0.05) is 36.3 Å². The van der Waals surface area contributed by atoms with Gasteiger partial charge in [-0.25, -0.2) is 4.98 Å². The third kappa shape index (κ3) is 3.76. The molecule has 1 aromatic heterocycles. The first-order chi connectivity index (χ1) is 15.7. The molecule has 1 aromatic carbocycles. The fourth-order valence-corrected chi connectivity index (χ4v) is 5.27. The minimum atomic E-state index is -0.296. The Hall–Kier alpha value is -3.24. The Balaban J connectivity index is 1.33. The molecule has 5 rings (SSSR count). The van der Waals surface area contributed by atoms with Gasteiger partial charge in [-0.2, -0.15) is 0 Å². The lowest BCUT2D eigenvalue weighted by molar-refractivity contribution is -0.159. The third-order valence-electron chi connectivity index (χ3n) is 6.89. The highest BCUT2D eigenvalue weighted by Crippen LogP contribution is 2.43. The SMILES string of the molecule is O=C(c1cnccn1)N1CC(=O)N2[C@@H](CO)[C@@H](c3ccc(C#CC4CCCC4)cc3)[C@@H]2C1. The van der Waals surface area contributed by atoms with Gasteiger partial charge in [-0.3, -0.25) is 14.6 Å². The Morgan fingerprint density at radius 2 is 1.94 bits per heavy atom. The van der Waals surface area contributed by atoms with Crippen LogP contribution in [-0.2, 0) is 4.79 Å². The molecule has 3 fully saturated rings. The van der Waals surface area contributed by atoms with E-state index in [9.17, 15) is 14.7 Å². The Kier molecular flexibility index (Phi) is 5.62. The molecule has 3 atom stereocenters. The quantitative estimate of drug-likeness (QED) is 0.751. The van der Waals surface area contributed by atoms with Gasteiger partial charge in [0.1, 0.15) is 12.2 Å². The molecular weight excluding hydrogens is 404 g/mol. The molecule has 2 saturated heterocycles. The normalized spacial score (nSPS) is 25.0. The molecule has 1 N–H and O–H groups in total. The standard InChI is InChI=1S/C25H26N4O3/c30-16-22-24(19-9-7-18(8-10-19)6-5-17-3-1-2-4-17)21-14-28(15-23(31)29(21)22)25(32)20-13-26-11-12-27-20/h7-13,17,21-22,24,30H,1-4,14-16H2/t21-,22-,24-/m0/s1. The number of aromatic nitrogens is 2. The lowest BCUT2D eigenvalue weighted by atomic mass is 9.73. The van der Waals surface area contributed by atoms with Crippen molar-refractivity contribution in [1.82, 2.24) is 19.8 Å². The second-order valence-electron chi connectivity index (χ2n) is 8.79. The van der Waals surface area contributed by atoms with Gasteiger partial charge in [-0.1, -0.05) is 36.8 Å². The molecule has 1 saturated carbocycles. The molecule has 7 heteroatoms. The van der Waals surface area contributed by atoms with Crippen LogP contribution in [-0.4, -0.2) is 68.5 Å². The second kappa shape index (κ2) is 8.71. The summed E-state index contributed by atoms with van der Waals surface area (Å²) >= 11 is 0. The molecule has 3 heterocycles. The van der Waals surface area contributed by atoms with E-state index in [1.807, 2.05) is 24.3 Å². The number of benzene rings is 1. The lowest BCUT2D eigenvalue weighted by Gasteiger charge is -2.58. The number of fused-ring (bicyclic) bond motifs is 1. The number of rotatable bonds is 3. The molecule has 0 radical (unpaired) electrons. The zero-order valence-electron chi connectivity index (χ0n) is 17.9. The summed E-state index contributed by atoms with van der Waals surface area (Å²) in [4.78, 5) is 36.9. The van der Waals surface area contributed by atoms with Gasteiger partial charge in [0.15, 0.2) is 0 Å². The minimum absolute atomic E-state index is 0.00911. The zero-order valence-corrected chi connectivity index (χ0v) is 17.9. The summed E-state index contributed by atoms with van der Waals surface area (Å²) in [6, 6.07) is 7.68. The van der Waals surface area contributed by atoms with Crippen LogP contribution in [0.4, 0.5) is 0 Å². The van der Waals surface area contributed by atoms with Crippen LogP contribution in [0.5, 0.6) is 0 Å². The number of piperazine rings is 1. The molecule has 164 valence electrons. The van der Waals surface area contributed by atoms with Gasteiger partial charge in [0.05, 0.1) is 24.9 Å². The van der Waals surface area contributed by atoms with E-state index in [0.29, 0.717) is 12.5 Å². The molecule has 2 aromatic rings. The van der Waals surface area contributed by atoms with Crippen LogP contribution in [0, 0.1) is 17.8 Å². The smallest absolute Gasteiger partial charge is 0.274 e. The average Bonchev–Trinajstić information content (AvgIpc) is 3.33. The summed E-state index contributed by atoms with van der Waals surface area (Å²) in [5.41, 5.74) is 2.27. The number of aliphatic hydroxyl groups excluding tert-OH is 1. The summed E-state index contributed by atoms with van der Waals surface area (Å²) in [6.45, 7) is 0.296. The predicted molar refractivity (Wildman–Crippen MR) is 117 cm³/mol. The molecule has 2 amide bonds. The van der Waals surface area contributed by atoms with Crippen LogP contribution in [0.1, 0.15) is 53.2 Å². The highest BCUT2D eigenvalue weighted by Gasteiger charge is 2.54.